The van der Waals surface area contributed by atoms with Crippen molar-refractivity contribution in [3.8, 4) is 11.8 Å². The molecular formula is C17H20N2O3. The lowest BCUT2D eigenvalue weighted by atomic mass is 10.0. The highest BCUT2D eigenvalue weighted by molar-refractivity contribution is 6.00. The number of methoxy groups -OCH3 is 1. The number of nitrogens with zero attached hydrogens (tertiary/aromatic N) is 2. The van der Waals surface area contributed by atoms with Crippen LogP contribution in [0.5, 0.6) is 5.75 Å². The van der Waals surface area contributed by atoms with Gasteiger partial charge in [-0.05, 0) is 30.0 Å². The van der Waals surface area contributed by atoms with Gasteiger partial charge in [0.05, 0.1) is 13.2 Å². The van der Waals surface area contributed by atoms with Gasteiger partial charge in [0.15, 0.2) is 5.57 Å². The number of amides is 1. The predicted octanol–water partition coefficient (Wildman–Crippen LogP) is 2.79. The average Bonchev–Trinajstić information content (AvgIpc) is 2.71. The van der Waals surface area contributed by atoms with Crippen LogP contribution in [-0.2, 0) is 11.3 Å². The molecule has 1 aliphatic heterocycles. The normalized spacial score (nSPS) is 18.0. The van der Waals surface area contributed by atoms with Crippen molar-refractivity contribution in [2.75, 3.05) is 7.11 Å². The van der Waals surface area contributed by atoms with Gasteiger partial charge >= 0.3 is 0 Å². The number of nitriles is 1. The Morgan fingerprint density at radius 3 is 2.77 bits per heavy atom. The van der Waals surface area contributed by atoms with Crippen molar-refractivity contribution in [2.24, 2.45) is 5.92 Å². The van der Waals surface area contributed by atoms with Gasteiger partial charge < -0.3 is 14.7 Å². The van der Waals surface area contributed by atoms with E-state index in [4.69, 9.17) is 10.00 Å². The molecule has 0 unspecified atom stereocenters. The van der Waals surface area contributed by atoms with Gasteiger partial charge in [0.1, 0.15) is 17.6 Å². The second-order valence-corrected chi connectivity index (χ2v) is 5.80. The zero-order valence-corrected chi connectivity index (χ0v) is 13.0. The summed E-state index contributed by atoms with van der Waals surface area (Å²) in [6.07, 6.45) is 0.618. The van der Waals surface area contributed by atoms with Crippen molar-refractivity contribution in [1.29, 1.82) is 5.26 Å². The molecule has 1 amide bonds. The van der Waals surface area contributed by atoms with Gasteiger partial charge in [-0.25, -0.2) is 0 Å². The van der Waals surface area contributed by atoms with Crippen LogP contribution in [0, 0.1) is 17.2 Å². The zero-order valence-electron chi connectivity index (χ0n) is 13.0. The van der Waals surface area contributed by atoms with E-state index in [1.165, 1.54) is 0 Å². The topological polar surface area (TPSA) is 73.6 Å². The number of hydrogen-bond acceptors (Lipinski definition) is 4. The molecular weight excluding hydrogens is 280 g/mol. The van der Waals surface area contributed by atoms with E-state index < -0.39 is 11.9 Å². The summed E-state index contributed by atoms with van der Waals surface area (Å²) in [7, 11) is 1.59. The number of hydrogen-bond donors (Lipinski definition) is 1. The van der Waals surface area contributed by atoms with E-state index in [1.807, 2.05) is 44.2 Å². The molecule has 1 heterocycles. The first-order valence-electron chi connectivity index (χ1n) is 7.25. The van der Waals surface area contributed by atoms with E-state index in [0.29, 0.717) is 24.6 Å². The fourth-order valence-corrected chi connectivity index (χ4v) is 2.65. The molecule has 1 aromatic rings. The van der Waals surface area contributed by atoms with Crippen LogP contribution in [0.4, 0.5) is 0 Å². The van der Waals surface area contributed by atoms with Gasteiger partial charge in [0.25, 0.3) is 5.91 Å². The lowest BCUT2D eigenvalue weighted by Crippen LogP contribution is -2.36. The van der Waals surface area contributed by atoms with Gasteiger partial charge in [-0.2, -0.15) is 5.26 Å². The predicted molar refractivity (Wildman–Crippen MR) is 82.1 cm³/mol. The Hall–Kier alpha value is -2.48. The maximum atomic E-state index is 12.4. The molecule has 5 heteroatoms. The van der Waals surface area contributed by atoms with Crippen LogP contribution in [0.2, 0.25) is 0 Å². The lowest BCUT2D eigenvalue weighted by Gasteiger charge is -2.26. The van der Waals surface area contributed by atoms with E-state index in [1.54, 1.807) is 12.0 Å². The summed E-state index contributed by atoms with van der Waals surface area (Å²) >= 11 is 0. The molecule has 0 fully saturated rings. The first-order chi connectivity index (χ1) is 10.5. The molecule has 1 N–H and O–H groups in total. The summed E-state index contributed by atoms with van der Waals surface area (Å²) in [6, 6.07) is 8.81. The molecule has 5 nitrogen and oxygen atoms in total. The highest BCUT2D eigenvalue weighted by atomic mass is 16.5. The monoisotopic (exact) mass is 300 g/mol. The highest BCUT2D eigenvalue weighted by Crippen LogP contribution is 2.30. The molecule has 116 valence electrons. The van der Waals surface area contributed by atoms with E-state index in [0.717, 1.165) is 5.56 Å². The summed E-state index contributed by atoms with van der Waals surface area (Å²) in [5.74, 6) is 0.491. The van der Waals surface area contributed by atoms with E-state index >= 15 is 0 Å². The third-order valence-corrected chi connectivity index (χ3v) is 3.72. The minimum absolute atomic E-state index is 0.107. The maximum Gasteiger partial charge on any atom is 0.268 e. The standard InChI is InChI=1S/C17H20N2O3/c1-11(2)7-15-16(20)14(9-18)17(21)19(15)10-12-5-4-6-13(8-12)22-3/h4-6,8,11,15,20H,7,10H2,1-3H3/t15-/m0/s1. The summed E-state index contributed by atoms with van der Waals surface area (Å²) < 4.78 is 5.19. The van der Waals surface area contributed by atoms with Crippen molar-refractivity contribution >= 4 is 5.91 Å². The number of carbonyl (C=O) groups excluding carboxylic acids is 1. The van der Waals surface area contributed by atoms with E-state index in [2.05, 4.69) is 0 Å². The Labute approximate surface area is 130 Å². The molecule has 0 aromatic heterocycles. The third-order valence-electron chi connectivity index (χ3n) is 3.72. The van der Waals surface area contributed by atoms with E-state index in [9.17, 15) is 9.90 Å². The summed E-state index contributed by atoms with van der Waals surface area (Å²) in [4.78, 5) is 13.9. The molecule has 0 aliphatic carbocycles. The number of aliphatic hydroxyl groups is 1. The van der Waals surface area contributed by atoms with Crippen LogP contribution < -0.4 is 4.74 Å². The van der Waals surface area contributed by atoms with Crippen LogP contribution in [0.1, 0.15) is 25.8 Å². The van der Waals surface area contributed by atoms with Crippen LogP contribution in [0.25, 0.3) is 0 Å². The van der Waals surface area contributed by atoms with Gasteiger partial charge in [-0.15, -0.1) is 0 Å². The van der Waals surface area contributed by atoms with E-state index in [-0.39, 0.29) is 11.3 Å². The number of aliphatic hydroxyl groups excluding tert-OH is 1. The molecule has 1 atom stereocenters. The highest BCUT2D eigenvalue weighted by Gasteiger charge is 2.39. The number of rotatable bonds is 5. The Morgan fingerprint density at radius 1 is 1.45 bits per heavy atom. The van der Waals surface area contributed by atoms with Crippen molar-refractivity contribution in [1.82, 2.24) is 4.90 Å². The molecule has 0 spiro atoms. The van der Waals surface area contributed by atoms with Crippen LogP contribution in [0.15, 0.2) is 35.6 Å². The smallest absolute Gasteiger partial charge is 0.268 e. The van der Waals surface area contributed by atoms with Crippen molar-refractivity contribution < 1.29 is 14.6 Å². The second kappa shape index (κ2) is 6.52. The number of ether oxygens (including phenoxy) is 1. The number of benzene rings is 1. The molecule has 0 bridgehead atoms. The fourth-order valence-electron chi connectivity index (χ4n) is 2.65. The molecule has 1 aliphatic rings. The van der Waals surface area contributed by atoms with Crippen LogP contribution in [-0.4, -0.2) is 29.1 Å². The van der Waals surface area contributed by atoms with Crippen LogP contribution >= 0.6 is 0 Å². The summed E-state index contributed by atoms with van der Waals surface area (Å²) in [5, 5.41) is 19.3. The van der Waals surface area contributed by atoms with Gasteiger partial charge in [0, 0.05) is 6.54 Å². The molecule has 0 saturated heterocycles. The lowest BCUT2D eigenvalue weighted by molar-refractivity contribution is -0.127. The zero-order chi connectivity index (χ0) is 16.3. The summed E-state index contributed by atoms with van der Waals surface area (Å²) in [6.45, 7) is 4.38. The Kier molecular flexibility index (Phi) is 4.71. The second-order valence-electron chi connectivity index (χ2n) is 5.80. The minimum Gasteiger partial charge on any atom is -0.509 e. The first-order valence-corrected chi connectivity index (χ1v) is 7.25. The first kappa shape index (κ1) is 15.9. The molecule has 22 heavy (non-hydrogen) atoms. The SMILES string of the molecule is COc1cccc(CN2C(=O)C(C#N)=C(O)[C@@H]2CC(C)C)c1. The Bertz CT molecular complexity index is 644. The Balaban J connectivity index is 2.28. The van der Waals surface area contributed by atoms with Gasteiger partial charge in [0.2, 0.25) is 0 Å². The molecule has 2 rings (SSSR count). The largest absolute Gasteiger partial charge is 0.509 e. The summed E-state index contributed by atoms with van der Waals surface area (Å²) in [5.41, 5.74) is 0.752. The average molecular weight is 300 g/mol. The van der Waals surface area contributed by atoms with Gasteiger partial charge in [-0.1, -0.05) is 26.0 Å². The molecule has 1 aromatic carbocycles. The quantitative estimate of drug-likeness (QED) is 0.907. The fraction of sp³-hybridized carbons (Fsp3) is 0.412. The van der Waals surface area contributed by atoms with Crippen molar-refractivity contribution in [3.63, 3.8) is 0 Å². The number of carbonyl (C=O) groups is 1. The molecule has 0 radical (unpaired) electrons. The Morgan fingerprint density at radius 2 is 2.18 bits per heavy atom. The maximum absolute atomic E-state index is 12.4. The van der Waals surface area contributed by atoms with Gasteiger partial charge in [-0.3, -0.25) is 4.79 Å². The van der Waals surface area contributed by atoms with Crippen molar-refractivity contribution in [3.05, 3.63) is 41.2 Å². The third kappa shape index (κ3) is 3.06. The van der Waals surface area contributed by atoms with Crippen molar-refractivity contribution in [2.45, 2.75) is 32.9 Å². The van der Waals surface area contributed by atoms with Crippen LogP contribution in [0.3, 0.4) is 0 Å². The minimum atomic E-state index is -0.437. The molecule has 0 saturated carbocycles.